The van der Waals surface area contributed by atoms with Gasteiger partial charge in [-0.25, -0.2) is 4.79 Å². The van der Waals surface area contributed by atoms with Crippen LogP contribution in [-0.4, -0.2) is 25.5 Å². The van der Waals surface area contributed by atoms with Gasteiger partial charge in [-0.1, -0.05) is 33.4 Å². The van der Waals surface area contributed by atoms with E-state index in [1.165, 1.54) is 6.08 Å². The molecule has 0 aliphatic carbocycles. The van der Waals surface area contributed by atoms with E-state index in [0.29, 0.717) is 0 Å². The lowest BCUT2D eigenvalue weighted by Gasteiger charge is -2.37. The second-order valence-corrected chi connectivity index (χ2v) is 9.63. The molecular formula is C10H20O3Si. The van der Waals surface area contributed by atoms with Crippen LogP contribution in [0.4, 0.5) is 0 Å². The van der Waals surface area contributed by atoms with Crippen LogP contribution in [0.15, 0.2) is 12.7 Å². The molecule has 4 heteroatoms. The molecular weight excluding hydrogens is 196 g/mol. The molecule has 0 amide bonds. The molecule has 0 rings (SSSR count). The van der Waals surface area contributed by atoms with Crippen LogP contribution in [0, 0.1) is 0 Å². The van der Waals surface area contributed by atoms with Gasteiger partial charge in [-0.15, -0.1) is 0 Å². The first kappa shape index (κ1) is 13.4. The maximum absolute atomic E-state index is 10.8. The van der Waals surface area contributed by atoms with Crippen LogP contribution in [0.3, 0.4) is 0 Å². The van der Waals surface area contributed by atoms with Gasteiger partial charge in [0.15, 0.2) is 14.4 Å². The molecule has 0 bridgehead atoms. The zero-order valence-electron chi connectivity index (χ0n) is 9.63. The minimum atomic E-state index is -2.00. The van der Waals surface area contributed by atoms with Crippen molar-refractivity contribution in [2.45, 2.75) is 45.0 Å². The van der Waals surface area contributed by atoms with Crippen molar-refractivity contribution in [3.63, 3.8) is 0 Å². The second-order valence-electron chi connectivity index (χ2n) is 4.87. The smallest absolute Gasteiger partial charge is 0.335 e. The molecule has 0 spiro atoms. The summed E-state index contributed by atoms with van der Waals surface area (Å²) in [6, 6.07) is 0. The number of carboxylic acid groups (broad SMARTS) is 1. The van der Waals surface area contributed by atoms with Gasteiger partial charge in [0.2, 0.25) is 0 Å². The van der Waals surface area contributed by atoms with E-state index in [1.807, 2.05) is 13.1 Å². The quantitative estimate of drug-likeness (QED) is 0.580. The van der Waals surface area contributed by atoms with Gasteiger partial charge in [0.25, 0.3) is 0 Å². The van der Waals surface area contributed by atoms with E-state index in [2.05, 4.69) is 27.4 Å². The Kier molecular flexibility index (Phi) is 4.09. The number of hydrogen-bond donors (Lipinski definition) is 1. The highest BCUT2D eigenvalue weighted by Gasteiger charge is 2.39. The molecule has 1 unspecified atom stereocenters. The van der Waals surface area contributed by atoms with Crippen molar-refractivity contribution in [1.29, 1.82) is 0 Å². The van der Waals surface area contributed by atoms with Crippen molar-refractivity contribution in [1.82, 2.24) is 0 Å². The van der Waals surface area contributed by atoms with Gasteiger partial charge in [0, 0.05) is 0 Å². The van der Waals surface area contributed by atoms with Crippen molar-refractivity contribution in [3.05, 3.63) is 12.7 Å². The molecule has 3 nitrogen and oxygen atoms in total. The van der Waals surface area contributed by atoms with Crippen molar-refractivity contribution < 1.29 is 14.3 Å². The summed E-state index contributed by atoms with van der Waals surface area (Å²) in [6.07, 6.45) is 0.457. The second kappa shape index (κ2) is 4.27. The van der Waals surface area contributed by atoms with Crippen LogP contribution in [0.1, 0.15) is 20.8 Å². The third kappa shape index (κ3) is 3.27. The van der Waals surface area contributed by atoms with Crippen molar-refractivity contribution in [3.8, 4) is 0 Å². The Morgan fingerprint density at radius 1 is 1.50 bits per heavy atom. The van der Waals surface area contributed by atoms with Crippen LogP contribution in [0.5, 0.6) is 0 Å². The minimum Gasteiger partial charge on any atom is -0.479 e. The van der Waals surface area contributed by atoms with Gasteiger partial charge in [0.1, 0.15) is 0 Å². The number of rotatable bonds is 4. The first-order valence-electron chi connectivity index (χ1n) is 4.65. The highest BCUT2D eigenvalue weighted by Crippen LogP contribution is 2.37. The summed E-state index contributed by atoms with van der Waals surface area (Å²) in [4.78, 5) is 10.8. The zero-order chi connectivity index (χ0) is 11.6. The van der Waals surface area contributed by atoms with E-state index in [9.17, 15) is 4.79 Å². The third-order valence-electron chi connectivity index (χ3n) is 2.69. The van der Waals surface area contributed by atoms with Gasteiger partial charge in [0.05, 0.1) is 0 Å². The van der Waals surface area contributed by atoms with Crippen molar-refractivity contribution >= 4 is 14.3 Å². The van der Waals surface area contributed by atoms with Crippen LogP contribution in [0.25, 0.3) is 0 Å². The molecule has 14 heavy (non-hydrogen) atoms. The van der Waals surface area contributed by atoms with Gasteiger partial charge in [-0.3, -0.25) is 0 Å². The molecule has 0 aliphatic rings. The van der Waals surface area contributed by atoms with Crippen LogP contribution >= 0.6 is 0 Å². The van der Waals surface area contributed by atoms with Crippen molar-refractivity contribution in [2.24, 2.45) is 0 Å². The predicted molar refractivity (Wildman–Crippen MR) is 59.9 cm³/mol. The van der Waals surface area contributed by atoms with Gasteiger partial charge >= 0.3 is 5.97 Å². The summed E-state index contributed by atoms with van der Waals surface area (Å²) in [5.74, 6) is -0.968. The fraction of sp³-hybridized carbons (Fsp3) is 0.700. The van der Waals surface area contributed by atoms with Crippen LogP contribution < -0.4 is 0 Å². The van der Waals surface area contributed by atoms with E-state index in [4.69, 9.17) is 9.53 Å². The van der Waals surface area contributed by atoms with E-state index < -0.39 is 20.4 Å². The molecule has 0 aromatic rings. The number of aliphatic carboxylic acids is 1. The Morgan fingerprint density at radius 3 is 2.14 bits per heavy atom. The average molecular weight is 216 g/mol. The Balaban J connectivity index is 4.64. The molecule has 0 heterocycles. The molecule has 0 aromatic carbocycles. The van der Waals surface area contributed by atoms with Crippen LogP contribution in [-0.2, 0) is 9.22 Å². The third-order valence-corrected chi connectivity index (χ3v) is 7.14. The summed E-state index contributed by atoms with van der Waals surface area (Å²) in [5.41, 5.74) is 0. The fourth-order valence-corrected chi connectivity index (χ4v) is 1.88. The van der Waals surface area contributed by atoms with Crippen molar-refractivity contribution in [2.75, 3.05) is 0 Å². The zero-order valence-corrected chi connectivity index (χ0v) is 10.6. The summed E-state index contributed by atoms with van der Waals surface area (Å²) < 4.78 is 5.63. The Bertz CT molecular complexity index is 228. The largest absolute Gasteiger partial charge is 0.479 e. The van der Waals surface area contributed by atoms with Gasteiger partial charge < -0.3 is 9.53 Å². The highest BCUT2D eigenvalue weighted by atomic mass is 28.4. The summed E-state index contributed by atoms with van der Waals surface area (Å²) >= 11 is 0. The topological polar surface area (TPSA) is 46.5 Å². The Hall–Kier alpha value is -0.613. The molecule has 82 valence electrons. The lowest BCUT2D eigenvalue weighted by atomic mass is 10.2. The first-order chi connectivity index (χ1) is 6.12. The van der Waals surface area contributed by atoms with E-state index in [0.717, 1.165) is 0 Å². The molecule has 1 atom stereocenters. The average Bonchev–Trinajstić information content (AvgIpc) is 1.97. The summed E-state index contributed by atoms with van der Waals surface area (Å²) in [6.45, 7) is 13.7. The van der Waals surface area contributed by atoms with Gasteiger partial charge in [-0.2, -0.15) is 0 Å². The lowest BCUT2D eigenvalue weighted by molar-refractivity contribution is -0.143. The number of carbonyl (C=O) groups is 1. The predicted octanol–water partition coefficient (Wildman–Crippen LogP) is 2.65. The van der Waals surface area contributed by atoms with Gasteiger partial charge in [-0.05, 0) is 18.1 Å². The van der Waals surface area contributed by atoms with Crippen LogP contribution in [0.2, 0.25) is 18.1 Å². The van der Waals surface area contributed by atoms with E-state index in [1.54, 1.807) is 0 Å². The summed E-state index contributed by atoms with van der Waals surface area (Å²) in [7, 11) is -2.00. The SMILES string of the molecule is C=CC(O[Si](C)(C)C(C)(C)C)C(=O)O. The normalized spacial score (nSPS) is 14.9. The maximum Gasteiger partial charge on any atom is 0.335 e. The lowest BCUT2D eigenvalue weighted by Crippen LogP contribution is -2.45. The van der Waals surface area contributed by atoms with E-state index >= 15 is 0 Å². The number of hydrogen-bond acceptors (Lipinski definition) is 2. The standard InChI is InChI=1S/C10H20O3Si/c1-7-8(9(11)12)13-14(5,6)10(2,3)4/h7-8H,1H2,2-6H3,(H,11,12). The number of carboxylic acids is 1. The fourth-order valence-electron chi connectivity index (χ4n) is 0.694. The molecule has 0 saturated heterocycles. The minimum absolute atomic E-state index is 0.0176. The molecule has 0 aromatic heterocycles. The highest BCUT2D eigenvalue weighted by molar-refractivity contribution is 6.74. The molecule has 0 radical (unpaired) electrons. The molecule has 1 N–H and O–H groups in total. The molecule has 0 aliphatic heterocycles. The molecule has 0 saturated carbocycles. The monoisotopic (exact) mass is 216 g/mol. The maximum atomic E-state index is 10.8. The van der Waals surface area contributed by atoms with E-state index in [-0.39, 0.29) is 5.04 Å². The first-order valence-corrected chi connectivity index (χ1v) is 7.56. The Morgan fingerprint density at radius 2 is 1.93 bits per heavy atom. The summed E-state index contributed by atoms with van der Waals surface area (Å²) in [5, 5.41) is 8.85. The Labute approximate surface area is 86.9 Å². The molecule has 0 fully saturated rings.